The van der Waals surface area contributed by atoms with E-state index in [1.54, 1.807) is 0 Å². The van der Waals surface area contributed by atoms with E-state index in [0.29, 0.717) is 11.5 Å². The van der Waals surface area contributed by atoms with Crippen molar-refractivity contribution < 1.29 is 9.18 Å². The third-order valence-electron chi connectivity index (χ3n) is 3.44. The molecule has 0 heterocycles. The zero-order chi connectivity index (χ0) is 13.2. The number of carbonyl (C=O) groups excluding carboxylic acids is 1. The van der Waals surface area contributed by atoms with Crippen molar-refractivity contribution in [2.45, 2.75) is 18.4 Å². The van der Waals surface area contributed by atoms with Crippen molar-refractivity contribution in [2.75, 3.05) is 0 Å². The molecule has 0 spiro atoms. The first-order valence-corrected chi connectivity index (χ1v) is 6.35. The molecular formula is C16H14FNO. The van der Waals surface area contributed by atoms with Crippen LogP contribution in [0.25, 0.3) is 0 Å². The van der Waals surface area contributed by atoms with Gasteiger partial charge in [-0.05, 0) is 36.2 Å². The predicted octanol–water partition coefficient (Wildman–Crippen LogP) is 3.11. The molecular weight excluding hydrogens is 241 g/mol. The quantitative estimate of drug-likeness (QED) is 0.897. The minimum Gasteiger partial charge on any atom is -0.349 e. The molecule has 2 unspecified atom stereocenters. The van der Waals surface area contributed by atoms with Crippen molar-refractivity contribution >= 4 is 5.91 Å². The van der Waals surface area contributed by atoms with Gasteiger partial charge in [0.05, 0.1) is 0 Å². The zero-order valence-corrected chi connectivity index (χ0v) is 10.3. The summed E-state index contributed by atoms with van der Waals surface area (Å²) in [5.74, 6) is -0.0563. The summed E-state index contributed by atoms with van der Waals surface area (Å²) in [4.78, 5) is 11.9. The first-order valence-electron chi connectivity index (χ1n) is 6.35. The third kappa shape index (κ3) is 2.65. The summed E-state index contributed by atoms with van der Waals surface area (Å²) in [5.41, 5.74) is 1.76. The Morgan fingerprint density at radius 1 is 1.05 bits per heavy atom. The molecule has 1 saturated carbocycles. The highest BCUT2D eigenvalue weighted by Gasteiger charge is 2.39. The Kier molecular flexibility index (Phi) is 3.03. The van der Waals surface area contributed by atoms with Gasteiger partial charge in [-0.25, -0.2) is 4.39 Å². The van der Waals surface area contributed by atoms with Crippen LogP contribution in [0.4, 0.5) is 4.39 Å². The summed E-state index contributed by atoms with van der Waals surface area (Å²) < 4.78 is 12.8. The second-order valence-electron chi connectivity index (χ2n) is 4.84. The Bertz CT molecular complexity index is 579. The highest BCUT2D eigenvalue weighted by molar-refractivity contribution is 5.94. The first-order chi connectivity index (χ1) is 9.24. The number of hydrogen-bond donors (Lipinski definition) is 1. The predicted molar refractivity (Wildman–Crippen MR) is 71.5 cm³/mol. The van der Waals surface area contributed by atoms with Crippen molar-refractivity contribution in [3.05, 3.63) is 71.5 Å². The Balaban J connectivity index is 1.62. The Morgan fingerprint density at radius 2 is 1.74 bits per heavy atom. The lowest BCUT2D eigenvalue weighted by Crippen LogP contribution is -2.26. The summed E-state index contributed by atoms with van der Waals surface area (Å²) in [5, 5.41) is 2.98. The molecule has 2 aromatic carbocycles. The molecule has 3 rings (SSSR count). The molecule has 96 valence electrons. The smallest absolute Gasteiger partial charge is 0.251 e. The van der Waals surface area contributed by atoms with E-state index in [4.69, 9.17) is 0 Å². The maximum Gasteiger partial charge on any atom is 0.251 e. The van der Waals surface area contributed by atoms with Gasteiger partial charge in [-0.1, -0.05) is 30.3 Å². The molecule has 0 aromatic heterocycles. The number of carbonyl (C=O) groups is 1. The molecule has 0 saturated heterocycles. The van der Waals surface area contributed by atoms with Gasteiger partial charge in [0.25, 0.3) is 5.91 Å². The van der Waals surface area contributed by atoms with Crippen LogP contribution in [0.3, 0.4) is 0 Å². The molecule has 2 aromatic rings. The van der Waals surface area contributed by atoms with E-state index in [0.717, 1.165) is 6.42 Å². The molecule has 0 aliphatic heterocycles. The van der Waals surface area contributed by atoms with Crippen LogP contribution >= 0.6 is 0 Å². The molecule has 0 bridgehead atoms. The van der Waals surface area contributed by atoms with Crippen LogP contribution in [0.2, 0.25) is 0 Å². The van der Waals surface area contributed by atoms with Crippen molar-refractivity contribution in [1.82, 2.24) is 5.32 Å². The molecule has 3 heteroatoms. The number of amides is 1. The average molecular weight is 255 g/mol. The van der Waals surface area contributed by atoms with Crippen molar-refractivity contribution in [3.8, 4) is 0 Å². The number of rotatable bonds is 3. The number of hydrogen-bond acceptors (Lipinski definition) is 1. The number of nitrogens with one attached hydrogen (secondary N) is 1. The van der Waals surface area contributed by atoms with Crippen LogP contribution in [0.15, 0.2) is 54.6 Å². The van der Waals surface area contributed by atoms with Crippen LogP contribution in [0.5, 0.6) is 0 Å². The summed E-state index contributed by atoms with van der Waals surface area (Å²) in [6, 6.07) is 16.0. The molecule has 1 N–H and O–H groups in total. The Hall–Kier alpha value is -2.16. The fraction of sp³-hybridized carbons (Fsp3) is 0.188. The van der Waals surface area contributed by atoms with E-state index in [1.165, 1.54) is 29.8 Å². The van der Waals surface area contributed by atoms with Crippen LogP contribution in [-0.2, 0) is 0 Å². The van der Waals surface area contributed by atoms with E-state index in [-0.39, 0.29) is 17.8 Å². The Labute approximate surface area is 111 Å². The lowest BCUT2D eigenvalue weighted by atomic mass is 10.1. The average Bonchev–Trinajstić information content (AvgIpc) is 3.20. The van der Waals surface area contributed by atoms with E-state index in [9.17, 15) is 9.18 Å². The molecule has 1 aliphatic rings. The van der Waals surface area contributed by atoms with Gasteiger partial charge in [0, 0.05) is 17.5 Å². The van der Waals surface area contributed by atoms with Gasteiger partial charge in [-0.2, -0.15) is 0 Å². The van der Waals surface area contributed by atoms with E-state index in [1.807, 2.05) is 18.2 Å². The van der Waals surface area contributed by atoms with E-state index in [2.05, 4.69) is 17.4 Å². The number of benzene rings is 2. The van der Waals surface area contributed by atoms with Gasteiger partial charge in [-0.3, -0.25) is 4.79 Å². The van der Waals surface area contributed by atoms with Crippen LogP contribution in [-0.4, -0.2) is 11.9 Å². The lowest BCUT2D eigenvalue weighted by Gasteiger charge is -2.05. The monoisotopic (exact) mass is 255 g/mol. The molecule has 1 amide bonds. The molecule has 1 aliphatic carbocycles. The fourth-order valence-electron chi connectivity index (χ4n) is 2.28. The largest absolute Gasteiger partial charge is 0.349 e. The van der Waals surface area contributed by atoms with Gasteiger partial charge in [0.2, 0.25) is 0 Å². The third-order valence-corrected chi connectivity index (χ3v) is 3.44. The summed E-state index contributed by atoms with van der Waals surface area (Å²) in [7, 11) is 0. The summed E-state index contributed by atoms with van der Waals surface area (Å²) in [6.07, 6.45) is 0.969. The van der Waals surface area contributed by atoms with Crippen molar-refractivity contribution in [3.63, 3.8) is 0 Å². The van der Waals surface area contributed by atoms with Crippen LogP contribution < -0.4 is 5.32 Å². The van der Waals surface area contributed by atoms with Crippen LogP contribution in [0, 0.1) is 5.82 Å². The topological polar surface area (TPSA) is 29.1 Å². The molecule has 1 fully saturated rings. The summed E-state index contributed by atoms with van der Waals surface area (Å²) >= 11 is 0. The highest BCUT2D eigenvalue weighted by Crippen LogP contribution is 2.40. The maximum atomic E-state index is 12.8. The first kappa shape index (κ1) is 11.9. The second-order valence-corrected chi connectivity index (χ2v) is 4.84. The fourth-order valence-corrected chi connectivity index (χ4v) is 2.28. The molecule has 19 heavy (non-hydrogen) atoms. The molecule has 2 atom stereocenters. The SMILES string of the molecule is O=C(NC1CC1c1ccccc1)c1ccc(F)cc1. The maximum absolute atomic E-state index is 12.8. The van der Waals surface area contributed by atoms with Crippen molar-refractivity contribution in [2.24, 2.45) is 0 Å². The second kappa shape index (κ2) is 4.84. The van der Waals surface area contributed by atoms with E-state index >= 15 is 0 Å². The number of halogens is 1. The zero-order valence-electron chi connectivity index (χ0n) is 10.3. The lowest BCUT2D eigenvalue weighted by molar-refractivity contribution is 0.0950. The van der Waals surface area contributed by atoms with Crippen molar-refractivity contribution in [1.29, 1.82) is 0 Å². The standard InChI is InChI=1S/C16H14FNO/c17-13-8-6-12(7-9-13)16(19)18-15-10-14(15)11-4-2-1-3-5-11/h1-9,14-15H,10H2,(H,18,19). The van der Waals surface area contributed by atoms with Crippen LogP contribution in [0.1, 0.15) is 28.3 Å². The minimum atomic E-state index is -0.329. The molecule has 2 nitrogen and oxygen atoms in total. The van der Waals surface area contributed by atoms with E-state index < -0.39 is 0 Å². The minimum absolute atomic E-state index is 0.136. The highest BCUT2D eigenvalue weighted by atomic mass is 19.1. The van der Waals surface area contributed by atoms with Gasteiger partial charge >= 0.3 is 0 Å². The van der Waals surface area contributed by atoms with Gasteiger partial charge in [-0.15, -0.1) is 0 Å². The normalized spacial score (nSPS) is 20.9. The Morgan fingerprint density at radius 3 is 2.42 bits per heavy atom. The van der Waals surface area contributed by atoms with Gasteiger partial charge in [0.15, 0.2) is 0 Å². The summed E-state index contributed by atoms with van der Waals surface area (Å²) in [6.45, 7) is 0. The molecule has 0 radical (unpaired) electrons. The van der Waals surface area contributed by atoms with Gasteiger partial charge in [0.1, 0.15) is 5.82 Å². The van der Waals surface area contributed by atoms with Gasteiger partial charge < -0.3 is 5.32 Å².